The molecule has 1 aromatic rings. The molecule has 0 amide bonds. The summed E-state index contributed by atoms with van der Waals surface area (Å²) in [6.45, 7) is 2.90. The van der Waals surface area contributed by atoms with Crippen LogP contribution in [0.3, 0.4) is 0 Å². The number of benzene rings is 1. The predicted octanol–water partition coefficient (Wildman–Crippen LogP) is 4.14. The second-order valence-corrected chi connectivity index (χ2v) is 6.80. The molecule has 0 bridgehead atoms. The zero-order valence-electron chi connectivity index (χ0n) is 13.2. The largest absolute Gasteiger partial charge is 0.489 e. The molecule has 24 heavy (non-hydrogen) atoms. The van der Waals surface area contributed by atoms with Crippen LogP contribution in [-0.2, 0) is 10.9 Å². The number of hydrogen-bond donors (Lipinski definition) is 1. The number of nitrogens with one attached hydrogen (secondary N) is 1. The zero-order valence-corrected chi connectivity index (χ0v) is 14.0. The van der Waals surface area contributed by atoms with Crippen LogP contribution in [-0.4, -0.2) is 32.4 Å². The van der Waals surface area contributed by atoms with E-state index in [0.717, 1.165) is 32.4 Å². The Morgan fingerprint density at radius 3 is 2.54 bits per heavy atom. The average Bonchev–Trinajstić information content (AvgIpc) is 3.06. The molecule has 2 saturated heterocycles. The average molecular weight is 364 g/mol. The van der Waals surface area contributed by atoms with Crippen LogP contribution in [0.15, 0.2) is 18.2 Å². The molecule has 2 fully saturated rings. The lowest BCUT2D eigenvalue weighted by Gasteiger charge is -2.35. The molecule has 1 aromatic carbocycles. The Hall–Kier alpha value is -0.980. The molecule has 2 aliphatic rings. The highest BCUT2D eigenvalue weighted by Gasteiger charge is 2.40. The van der Waals surface area contributed by atoms with Crippen molar-refractivity contribution >= 4 is 11.6 Å². The Morgan fingerprint density at radius 2 is 1.92 bits per heavy atom. The molecule has 1 unspecified atom stereocenters. The Morgan fingerprint density at radius 1 is 1.17 bits per heavy atom. The van der Waals surface area contributed by atoms with E-state index in [1.807, 2.05) is 0 Å². The van der Waals surface area contributed by atoms with Gasteiger partial charge in [0.15, 0.2) is 0 Å². The van der Waals surface area contributed by atoms with Gasteiger partial charge in [-0.15, -0.1) is 0 Å². The number of rotatable bonds is 4. The number of ether oxygens (including phenoxy) is 2. The molecular formula is C17H21ClF3NO2. The van der Waals surface area contributed by atoms with Crippen LogP contribution in [0.4, 0.5) is 13.2 Å². The Labute approximate surface area is 144 Å². The third kappa shape index (κ3) is 3.98. The highest BCUT2D eigenvalue weighted by atomic mass is 35.5. The minimum Gasteiger partial charge on any atom is -0.489 e. The molecule has 2 atom stereocenters. The van der Waals surface area contributed by atoms with Crippen molar-refractivity contribution in [3.8, 4) is 5.75 Å². The third-order valence-electron chi connectivity index (χ3n) is 4.82. The summed E-state index contributed by atoms with van der Waals surface area (Å²) in [5.74, 6) is 0.232. The third-order valence-corrected chi connectivity index (χ3v) is 5.13. The van der Waals surface area contributed by atoms with Crippen molar-refractivity contribution in [2.24, 2.45) is 11.8 Å². The molecule has 2 aliphatic heterocycles. The number of hydrogen-bond acceptors (Lipinski definition) is 3. The summed E-state index contributed by atoms with van der Waals surface area (Å²) < 4.78 is 51.5. The van der Waals surface area contributed by atoms with Crippen LogP contribution >= 0.6 is 11.6 Å². The summed E-state index contributed by atoms with van der Waals surface area (Å²) in [6.07, 6.45) is -2.28. The fourth-order valence-electron chi connectivity index (χ4n) is 3.60. The van der Waals surface area contributed by atoms with Crippen molar-refractivity contribution in [3.05, 3.63) is 28.8 Å². The lowest BCUT2D eigenvalue weighted by molar-refractivity contribution is -0.139. The molecule has 3 rings (SSSR count). The first-order valence-corrected chi connectivity index (χ1v) is 8.65. The van der Waals surface area contributed by atoms with Gasteiger partial charge < -0.3 is 14.8 Å². The summed E-state index contributed by atoms with van der Waals surface area (Å²) in [4.78, 5) is 0. The topological polar surface area (TPSA) is 30.5 Å². The first-order chi connectivity index (χ1) is 11.5. The van der Waals surface area contributed by atoms with Gasteiger partial charge in [0.05, 0.1) is 5.02 Å². The maximum atomic E-state index is 13.4. The molecule has 7 heteroatoms. The SMILES string of the molecule is FC(F)(F)c1c(Cl)cccc1OC(C1CCOCC1)[C@H]1CCNC1. The second-order valence-electron chi connectivity index (χ2n) is 6.40. The molecule has 0 radical (unpaired) electrons. The van der Waals surface area contributed by atoms with Crippen molar-refractivity contribution in [1.29, 1.82) is 0 Å². The Balaban J connectivity index is 1.88. The van der Waals surface area contributed by atoms with Gasteiger partial charge in [-0.2, -0.15) is 13.2 Å². The van der Waals surface area contributed by atoms with Gasteiger partial charge >= 0.3 is 6.18 Å². The quantitative estimate of drug-likeness (QED) is 0.872. The molecular weight excluding hydrogens is 343 g/mol. The van der Waals surface area contributed by atoms with Crippen LogP contribution in [0.5, 0.6) is 5.75 Å². The van der Waals surface area contributed by atoms with Gasteiger partial charge in [-0.25, -0.2) is 0 Å². The highest BCUT2D eigenvalue weighted by molar-refractivity contribution is 6.31. The smallest absolute Gasteiger partial charge is 0.421 e. The first-order valence-electron chi connectivity index (χ1n) is 8.27. The summed E-state index contributed by atoms with van der Waals surface area (Å²) in [6, 6.07) is 4.11. The molecule has 134 valence electrons. The predicted molar refractivity (Wildman–Crippen MR) is 85.4 cm³/mol. The summed E-state index contributed by atoms with van der Waals surface area (Å²) in [5, 5.41) is 2.95. The monoisotopic (exact) mass is 363 g/mol. The van der Waals surface area contributed by atoms with Gasteiger partial charge in [0, 0.05) is 31.6 Å². The van der Waals surface area contributed by atoms with Crippen LogP contribution in [0.25, 0.3) is 0 Å². The molecule has 0 aliphatic carbocycles. The van der Waals surface area contributed by atoms with Gasteiger partial charge in [-0.05, 0) is 37.9 Å². The maximum absolute atomic E-state index is 13.4. The van der Waals surface area contributed by atoms with E-state index in [1.54, 1.807) is 0 Å². The first kappa shape index (κ1) is 17.8. The summed E-state index contributed by atoms with van der Waals surface area (Å²) >= 11 is 5.81. The van der Waals surface area contributed by atoms with E-state index >= 15 is 0 Å². The number of halogens is 4. The van der Waals surface area contributed by atoms with Crippen LogP contribution in [0, 0.1) is 11.8 Å². The van der Waals surface area contributed by atoms with Crippen molar-refractivity contribution in [1.82, 2.24) is 5.32 Å². The van der Waals surface area contributed by atoms with Crippen LogP contribution < -0.4 is 10.1 Å². The van der Waals surface area contributed by atoms with E-state index < -0.39 is 11.7 Å². The summed E-state index contributed by atoms with van der Waals surface area (Å²) in [7, 11) is 0. The van der Waals surface area contributed by atoms with Crippen LogP contribution in [0.1, 0.15) is 24.8 Å². The number of alkyl halides is 3. The lowest BCUT2D eigenvalue weighted by Crippen LogP contribution is -2.39. The molecule has 0 aromatic heterocycles. The maximum Gasteiger partial charge on any atom is 0.421 e. The second kappa shape index (κ2) is 7.50. The van der Waals surface area contributed by atoms with Gasteiger partial charge in [-0.1, -0.05) is 17.7 Å². The van der Waals surface area contributed by atoms with Crippen LogP contribution in [0.2, 0.25) is 5.02 Å². The molecule has 1 N–H and O–H groups in total. The van der Waals surface area contributed by atoms with E-state index in [-0.39, 0.29) is 28.7 Å². The zero-order chi connectivity index (χ0) is 17.2. The van der Waals surface area contributed by atoms with E-state index in [2.05, 4.69) is 5.32 Å². The van der Waals surface area contributed by atoms with E-state index in [9.17, 15) is 13.2 Å². The van der Waals surface area contributed by atoms with Gasteiger partial charge in [-0.3, -0.25) is 0 Å². The van der Waals surface area contributed by atoms with Gasteiger partial charge in [0.25, 0.3) is 0 Å². The minimum atomic E-state index is -4.54. The summed E-state index contributed by atoms with van der Waals surface area (Å²) in [5.41, 5.74) is -0.880. The molecule has 0 saturated carbocycles. The van der Waals surface area contributed by atoms with Crippen molar-refractivity contribution < 1.29 is 22.6 Å². The minimum absolute atomic E-state index is 0.168. The standard InChI is InChI=1S/C17H21ClF3NO2/c18-13-2-1-3-14(15(13)17(19,20)21)24-16(12-4-7-22-10-12)11-5-8-23-9-6-11/h1-3,11-12,16,22H,4-10H2/t12-,16?/m0/s1. The fourth-order valence-corrected chi connectivity index (χ4v) is 3.88. The lowest BCUT2D eigenvalue weighted by atomic mass is 9.85. The van der Waals surface area contributed by atoms with E-state index in [1.165, 1.54) is 18.2 Å². The van der Waals surface area contributed by atoms with Crippen molar-refractivity contribution in [2.75, 3.05) is 26.3 Å². The van der Waals surface area contributed by atoms with Crippen molar-refractivity contribution in [3.63, 3.8) is 0 Å². The Kier molecular flexibility index (Phi) is 5.57. The molecule has 0 spiro atoms. The van der Waals surface area contributed by atoms with Gasteiger partial charge in [0.2, 0.25) is 0 Å². The highest BCUT2D eigenvalue weighted by Crippen LogP contribution is 2.42. The Bertz CT molecular complexity index is 555. The van der Waals surface area contributed by atoms with E-state index in [4.69, 9.17) is 21.1 Å². The molecule has 2 heterocycles. The molecule has 3 nitrogen and oxygen atoms in total. The fraction of sp³-hybridized carbons (Fsp3) is 0.647. The normalized spacial score (nSPS) is 24.1. The van der Waals surface area contributed by atoms with E-state index in [0.29, 0.717) is 13.2 Å². The van der Waals surface area contributed by atoms with Crippen molar-refractivity contribution in [2.45, 2.75) is 31.5 Å². The van der Waals surface area contributed by atoms with Gasteiger partial charge in [0.1, 0.15) is 17.4 Å².